The Balaban J connectivity index is 2.02. The molecule has 0 aliphatic heterocycles. The third kappa shape index (κ3) is 4.07. The molecular formula is C16H20ClNS. The Morgan fingerprint density at radius 1 is 1.11 bits per heavy atom. The first-order valence-electron chi connectivity index (χ1n) is 6.74. The highest BCUT2D eigenvalue weighted by Crippen LogP contribution is 2.24. The monoisotopic (exact) mass is 293 g/mol. The number of hydrogen-bond acceptors (Lipinski definition) is 2. The molecule has 0 saturated carbocycles. The molecule has 0 spiro atoms. The van der Waals surface area contributed by atoms with E-state index in [4.69, 9.17) is 17.3 Å². The Morgan fingerprint density at radius 2 is 1.84 bits per heavy atom. The summed E-state index contributed by atoms with van der Waals surface area (Å²) in [5.74, 6) is 0.461. The van der Waals surface area contributed by atoms with Crippen molar-refractivity contribution in [2.75, 3.05) is 6.54 Å². The zero-order valence-corrected chi connectivity index (χ0v) is 12.8. The standard InChI is InChI=1S/C16H20ClNS/c1-2-14-7-8-15(19-14)10-12(11-18)9-13-5-3-4-6-16(13)17/h3-8,12H,2,9-11,18H2,1H3. The van der Waals surface area contributed by atoms with Crippen molar-refractivity contribution >= 4 is 22.9 Å². The fourth-order valence-corrected chi connectivity index (χ4v) is 3.51. The summed E-state index contributed by atoms with van der Waals surface area (Å²) >= 11 is 8.12. The first kappa shape index (κ1) is 14.6. The molecule has 2 aromatic rings. The summed E-state index contributed by atoms with van der Waals surface area (Å²) in [6.07, 6.45) is 3.12. The highest BCUT2D eigenvalue weighted by molar-refractivity contribution is 7.11. The summed E-state index contributed by atoms with van der Waals surface area (Å²) in [6.45, 7) is 2.89. The molecular weight excluding hydrogens is 274 g/mol. The second kappa shape index (κ2) is 7.09. The molecule has 1 atom stereocenters. The first-order valence-corrected chi connectivity index (χ1v) is 7.93. The molecule has 102 valence electrons. The predicted molar refractivity (Wildman–Crippen MR) is 85.1 cm³/mol. The minimum Gasteiger partial charge on any atom is -0.330 e. The molecule has 0 aliphatic rings. The average Bonchev–Trinajstić information content (AvgIpc) is 2.88. The minimum atomic E-state index is 0.461. The lowest BCUT2D eigenvalue weighted by Crippen LogP contribution is -2.19. The van der Waals surface area contributed by atoms with Gasteiger partial charge in [0.25, 0.3) is 0 Å². The summed E-state index contributed by atoms with van der Waals surface area (Å²) in [7, 11) is 0. The van der Waals surface area contributed by atoms with Crippen LogP contribution in [-0.2, 0) is 19.3 Å². The molecule has 1 heterocycles. The van der Waals surface area contributed by atoms with Crippen LogP contribution in [0.2, 0.25) is 5.02 Å². The number of benzene rings is 1. The van der Waals surface area contributed by atoms with Gasteiger partial charge in [-0.25, -0.2) is 0 Å². The highest BCUT2D eigenvalue weighted by Gasteiger charge is 2.12. The van der Waals surface area contributed by atoms with E-state index in [1.165, 1.54) is 15.3 Å². The number of thiophene rings is 1. The number of hydrogen-bond donors (Lipinski definition) is 1. The van der Waals surface area contributed by atoms with Crippen LogP contribution in [0.15, 0.2) is 36.4 Å². The molecule has 1 nitrogen and oxygen atoms in total. The lowest BCUT2D eigenvalue weighted by atomic mass is 9.95. The van der Waals surface area contributed by atoms with E-state index in [-0.39, 0.29) is 0 Å². The van der Waals surface area contributed by atoms with Crippen LogP contribution >= 0.6 is 22.9 Å². The molecule has 2 N–H and O–H groups in total. The van der Waals surface area contributed by atoms with Crippen molar-refractivity contribution in [1.29, 1.82) is 0 Å². The summed E-state index contributed by atoms with van der Waals surface area (Å²) < 4.78 is 0. The molecule has 19 heavy (non-hydrogen) atoms. The lowest BCUT2D eigenvalue weighted by molar-refractivity contribution is 0.537. The Bertz CT molecular complexity index is 521. The van der Waals surface area contributed by atoms with Gasteiger partial charge in [-0.2, -0.15) is 0 Å². The molecule has 2 rings (SSSR count). The van der Waals surface area contributed by atoms with Gasteiger partial charge in [-0.3, -0.25) is 0 Å². The van der Waals surface area contributed by atoms with Crippen molar-refractivity contribution in [3.05, 3.63) is 56.7 Å². The Hall–Kier alpha value is -0.830. The van der Waals surface area contributed by atoms with Gasteiger partial charge in [-0.1, -0.05) is 36.7 Å². The van der Waals surface area contributed by atoms with Crippen molar-refractivity contribution in [3.8, 4) is 0 Å². The van der Waals surface area contributed by atoms with Crippen LogP contribution in [0.25, 0.3) is 0 Å². The van der Waals surface area contributed by atoms with Crippen LogP contribution in [-0.4, -0.2) is 6.54 Å². The molecule has 1 unspecified atom stereocenters. The first-order chi connectivity index (χ1) is 9.22. The third-order valence-electron chi connectivity index (χ3n) is 3.36. The molecule has 1 aromatic heterocycles. The summed E-state index contributed by atoms with van der Waals surface area (Å²) in [4.78, 5) is 2.88. The van der Waals surface area contributed by atoms with E-state index in [1.54, 1.807) is 0 Å². The second-order valence-corrected chi connectivity index (χ2v) is 6.48. The van der Waals surface area contributed by atoms with E-state index in [1.807, 2.05) is 29.5 Å². The molecule has 0 fully saturated rings. The van der Waals surface area contributed by atoms with E-state index in [9.17, 15) is 0 Å². The van der Waals surface area contributed by atoms with Gasteiger partial charge in [0.05, 0.1) is 0 Å². The number of rotatable bonds is 6. The highest BCUT2D eigenvalue weighted by atomic mass is 35.5. The molecule has 1 aromatic carbocycles. The molecule has 0 saturated heterocycles. The van der Waals surface area contributed by atoms with Gasteiger partial charge in [-0.05, 0) is 55.5 Å². The van der Waals surface area contributed by atoms with Gasteiger partial charge in [0.1, 0.15) is 0 Å². The third-order valence-corrected chi connectivity index (χ3v) is 4.98. The number of nitrogens with two attached hydrogens (primary N) is 1. The smallest absolute Gasteiger partial charge is 0.0438 e. The van der Waals surface area contributed by atoms with Crippen LogP contribution in [0.4, 0.5) is 0 Å². The molecule has 0 amide bonds. The Labute approximate surface area is 124 Å². The Kier molecular flexibility index (Phi) is 5.44. The zero-order chi connectivity index (χ0) is 13.7. The SMILES string of the molecule is CCc1ccc(CC(CN)Cc2ccccc2Cl)s1. The van der Waals surface area contributed by atoms with E-state index in [0.717, 1.165) is 24.3 Å². The van der Waals surface area contributed by atoms with Crippen molar-refractivity contribution < 1.29 is 0 Å². The van der Waals surface area contributed by atoms with E-state index in [2.05, 4.69) is 25.1 Å². The van der Waals surface area contributed by atoms with Crippen molar-refractivity contribution in [3.63, 3.8) is 0 Å². The predicted octanol–water partition coefficient (Wildman–Crippen LogP) is 4.32. The van der Waals surface area contributed by atoms with Crippen molar-refractivity contribution in [1.82, 2.24) is 0 Å². The van der Waals surface area contributed by atoms with Crippen LogP contribution in [0.5, 0.6) is 0 Å². The van der Waals surface area contributed by atoms with Crippen molar-refractivity contribution in [2.24, 2.45) is 11.7 Å². The summed E-state index contributed by atoms with van der Waals surface area (Å²) in [5, 5.41) is 0.848. The quantitative estimate of drug-likeness (QED) is 0.843. The minimum absolute atomic E-state index is 0.461. The van der Waals surface area contributed by atoms with E-state index in [0.29, 0.717) is 12.5 Å². The normalized spacial score (nSPS) is 12.6. The van der Waals surface area contributed by atoms with Gasteiger partial charge < -0.3 is 5.73 Å². The lowest BCUT2D eigenvalue weighted by Gasteiger charge is -2.14. The Morgan fingerprint density at radius 3 is 2.47 bits per heavy atom. The molecule has 0 aliphatic carbocycles. The second-order valence-electron chi connectivity index (χ2n) is 4.82. The number of aryl methyl sites for hydroxylation is 1. The average molecular weight is 294 g/mol. The van der Waals surface area contributed by atoms with Crippen LogP contribution in [0, 0.1) is 5.92 Å². The van der Waals surface area contributed by atoms with E-state index >= 15 is 0 Å². The van der Waals surface area contributed by atoms with Gasteiger partial charge in [0.15, 0.2) is 0 Å². The maximum absolute atomic E-state index is 6.22. The van der Waals surface area contributed by atoms with Gasteiger partial charge in [0.2, 0.25) is 0 Å². The van der Waals surface area contributed by atoms with Crippen molar-refractivity contribution in [2.45, 2.75) is 26.2 Å². The van der Waals surface area contributed by atoms with Crippen LogP contribution in [0.1, 0.15) is 22.2 Å². The maximum atomic E-state index is 6.22. The largest absolute Gasteiger partial charge is 0.330 e. The summed E-state index contributed by atoms with van der Waals surface area (Å²) in [5.41, 5.74) is 7.12. The summed E-state index contributed by atoms with van der Waals surface area (Å²) in [6, 6.07) is 12.5. The zero-order valence-electron chi connectivity index (χ0n) is 11.2. The van der Waals surface area contributed by atoms with Gasteiger partial charge in [-0.15, -0.1) is 11.3 Å². The fraction of sp³-hybridized carbons (Fsp3) is 0.375. The van der Waals surface area contributed by atoms with Gasteiger partial charge in [0, 0.05) is 14.8 Å². The molecule has 0 bridgehead atoms. The van der Waals surface area contributed by atoms with Crippen LogP contribution in [0.3, 0.4) is 0 Å². The number of halogens is 1. The maximum Gasteiger partial charge on any atom is 0.0438 e. The van der Waals surface area contributed by atoms with Gasteiger partial charge >= 0.3 is 0 Å². The van der Waals surface area contributed by atoms with Crippen LogP contribution < -0.4 is 5.73 Å². The topological polar surface area (TPSA) is 26.0 Å². The fourth-order valence-electron chi connectivity index (χ4n) is 2.22. The molecule has 3 heteroatoms. The molecule has 0 radical (unpaired) electrons. The van der Waals surface area contributed by atoms with E-state index < -0.39 is 0 Å².